The van der Waals surface area contributed by atoms with E-state index in [9.17, 15) is 19.8 Å². The van der Waals surface area contributed by atoms with Gasteiger partial charge in [0.2, 0.25) is 5.91 Å². The fourth-order valence-electron chi connectivity index (χ4n) is 11.4. The largest absolute Gasteiger partial charge is 0.466 e. The molecule has 80 heavy (non-hydrogen) atoms. The van der Waals surface area contributed by atoms with Crippen molar-refractivity contribution in [2.75, 3.05) is 13.2 Å². The van der Waals surface area contributed by atoms with Crippen molar-refractivity contribution < 1.29 is 24.5 Å². The van der Waals surface area contributed by atoms with Crippen LogP contribution in [0.1, 0.15) is 399 Å². The first-order valence-corrected chi connectivity index (χ1v) is 36.2. The molecule has 3 N–H and O–H groups in total. The summed E-state index contributed by atoms with van der Waals surface area (Å²) >= 11 is 0. The zero-order valence-electron chi connectivity index (χ0n) is 54.1. The van der Waals surface area contributed by atoms with Gasteiger partial charge >= 0.3 is 5.97 Å². The Kier molecular flexibility index (Phi) is 67.9. The van der Waals surface area contributed by atoms with Crippen molar-refractivity contribution in [2.45, 2.75) is 411 Å². The summed E-state index contributed by atoms with van der Waals surface area (Å²) < 4.78 is 5.50. The lowest BCUT2D eigenvalue weighted by Crippen LogP contribution is -2.45. The van der Waals surface area contributed by atoms with Crippen LogP contribution >= 0.6 is 0 Å². The Balaban J connectivity index is 3.40. The number of unbranched alkanes of at least 4 members (excludes halogenated alkanes) is 51. The van der Waals surface area contributed by atoms with Crippen LogP contribution in [0, 0.1) is 0 Å². The Labute approximate surface area is 500 Å². The Morgan fingerprint density at radius 1 is 0.350 bits per heavy atom. The number of hydrogen-bond acceptors (Lipinski definition) is 5. The molecule has 0 fully saturated rings. The zero-order chi connectivity index (χ0) is 57.8. The molecule has 0 heterocycles. The minimum Gasteiger partial charge on any atom is -0.466 e. The molecule has 0 saturated carbocycles. The van der Waals surface area contributed by atoms with Crippen LogP contribution in [-0.4, -0.2) is 47.4 Å². The van der Waals surface area contributed by atoms with E-state index >= 15 is 0 Å². The van der Waals surface area contributed by atoms with Crippen molar-refractivity contribution in [1.29, 1.82) is 0 Å². The molecule has 6 nitrogen and oxygen atoms in total. The summed E-state index contributed by atoms with van der Waals surface area (Å²) in [7, 11) is 0. The van der Waals surface area contributed by atoms with E-state index in [1.165, 1.54) is 315 Å². The minimum atomic E-state index is -0.666. The molecule has 0 radical (unpaired) electrons. The Bertz CT molecular complexity index is 1300. The molecule has 0 aliphatic rings. The number of carbonyl (C=O) groups is 2. The highest BCUT2D eigenvalue weighted by Crippen LogP contribution is 2.19. The van der Waals surface area contributed by atoms with Gasteiger partial charge in [0.15, 0.2) is 0 Å². The van der Waals surface area contributed by atoms with Crippen molar-refractivity contribution in [3.8, 4) is 0 Å². The maximum absolute atomic E-state index is 12.5. The molecule has 2 unspecified atom stereocenters. The zero-order valence-corrected chi connectivity index (χ0v) is 54.1. The monoisotopic (exact) mass is 1120 g/mol. The number of nitrogens with one attached hydrogen (secondary N) is 1. The van der Waals surface area contributed by atoms with Crippen LogP contribution < -0.4 is 5.32 Å². The SMILES string of the molecule is CCCCCCCC/C=C\CCCCCCCCCC(=O)OCCCCCCCCCCC/C=C\C/C=C\CCCCCCCCCCCCCCCC(=O)NC(CO)C(O)CCCCCCCCCCCCCCCCCCC. The van der Waals surface area contributed by atoms with Gasteiger partial charge in [-0.15, -0.1) is 0 Å². The average molecular weight is 1120 g/mol. The lowest BCUT2D eigenvalue weighted by molar-refractivity contribution is -0.143. The summed E-state index contributed by atoms with van der Waals surface area (Å²) in [6, 6.07) is -0.543. The topological polar surface area (TPSA) is 95.9 Å². The molecule has 0 bridgehead atoms. The van der Waals surface area contributed by atoms with E-state index in [4.69, 9.17) is 4.74 Å². The van der Waals surface area contributed by atoms with Crippen LogP contribution in [0.2, 0.25) is 0 Å². The van der Waals surface area contributed by atoms with Gasteiger partial charge < -0.3 is 20.3 Å². The van der Waals surface area contributed by atoms with Crippen LogP contribution in [0.4, 0.5) is 0 Å². The van der Waals surface area contributed by atoms with Gasteiger partial charge in [-0.3, -0.25) is 9.59 Å². The first-order chi connectivity index (χ1) is 39.5. The lowest BCUT2D eigenvalue weighted by Gasteiger charge is -2.22. The first-order valence-electron chi connectivity index (χ1n) is 36.2. The quantitative estimate of drug-likeness (QED) is 0.0320. The van der Waals surface area contributed by atoms with Crippen molar-refractivity contribution in [3.63, 3.8) is 0 Å². The van der Waals surface area contributed by atoms with Crippen LogP contribution in [0.3, 0.4) is 0 Å². The molecular formula is C74H141NO5. The Morgan fingerprint density at radius 2 is 0.625 bits per heavy atom. The van der Waals surface area contributed by atoms with E-state index in [2.05, 4.69) is 55.6 Å². The molecule has 0 aromatic rings. The minimum absolute atomic E-state index is 0.00923. The summed E-state index contributed by atoms with van der Waals surface area (Å²) in [6.45, 7) is 4.98. The van der Waals surface area contributed by atoms with Crippen molar-refractivity contribution in [2.24, 2.45) is 0 Å². The van der Waals surface area contributed by atoms with Gasteiger partial charge in [-0.1, -0.05) is 339 Å². The molecule has 1 amide bonds. The fraction of sp³-hybridized carbons (Fsp3) is 0.892. The summed E-state index contributed by atoms with van der Waals surface area (Å²) in [5.74, 6) is -0.0236. The van der Waals surface area contributed by atoms with Gasteiger partial charge in [-0.05, 0) is 83.5 Å². The predicted octanol–water partition coefficient (Wildman–Crippen LogP) is 23.5. The number of amides is 1. The van der Waals surface area contributed by atoms with Gasteiger partial charge in [0, 0.05) is 12.8 Å². The van der Waals surface area contributed by atoms with E-state index in [0.717, 1.165) is 51.4 Å². The van der Waals surface area contributed by atoms with E-state index in [-0.39, 0.29) is 18.5 Å². The molecule has 0 aliphatic carbocycles. The first kappa shape index (κ1) is 78.1. The summed E-state index contributed by atoms with van der Waals surface area (Å²) in [5.41, 5.74) is 0. The number of aliphatic hydroxyl groups is 2. The van der Waals surface area contributed by atoms with E-state index in [1.54, 1.807) is 0 Å². The van der Waals surface area contributed by atoms with Crippen LogP contribution in [0.25, 0.3) is 0 Å². The molecule has 6 heteroatoms. The second-order valence-electron chi connectivity index (χ2n) is 24.9. The number of esters is 1. The third kappa shape index (κ3) is 65.2. The third-order valence-corrected chi connectivity index (χ3v) is 16.9. The molecule has 0 aliphatic heterocycles. The van der Waals surface area contributed by atoms with Crippen molar-refractivity contribution >= 4 is 11.9 Å². The molecular weight excluding hydrogens is 983 g/mol. The standard InChI is InChI=1S/C74H141NO5/c1-3-5-7-9-11-13-15-17-19-34-38-42-46-50-54-58-62-66-72(77)71(70-76)75-73(78)67-63-59-55-51-47-43-39-36-32-30-28-26-24-22-21-23-25-27-29-31-33-37-41-45-49-53-57-61-65-69-80-74(79)68-64-60-56-52-48-44-40-35-20-18-16-14-12-10-8-6-4-2/h18,20-21,23,27,29,71-72,76-77H,3-17,19,22,24-26,28,30-70H2,1-2H3,(H,75,78)/b20-18-,23-21-,29-27-. The molecule has 0 aromatic carbocycles. The summed E-state index contributed by atoms with van der Waals surface area (Å²) in [4.78, 5) is 24.6. The van der Waals surface area contributed by atoms with Crippen LogP contribution in [0.5, 0.6) is 0 Å². The molecule has 472 valence electrons. The predicted molar refractivity (Wildman–Crippen MR) is 352 cm³/mol. The molecule has 2 atom stereocenters. The highest BCUT2D eigenvalue weighted by molar-refractivity contribution is 5.76. The maximum atomic E-state index is 12.5. The molecule has 0 spiro atoms. The fourth-order valence-corrected chi connectivity index (χ4v) is 11.4. The Morgan fingerprint density at radius 3 is 0.963 bits per heavy atom. The van der Waals surface area contributed by atoms with Gasteiger partial charge in [0.25, 0.3) is 0 Å². The second-order valence-corrected chi connectivity index (χ2v) is 24.9. The normalized spacial score (nSPS) is 12.7. The molecule has 0 saturated heterocycles. The number of allylic oxidation sites excluding steroid dienone is 6. The summed E-state index contributed by atoms with van der Waals surface area (Å²) in [5, 5.41) is 23.4. The molecule has 0 aromatic heterocycles. The van der Waals surface area contributed by atoms with Gasteiger partial charge in [-0.2, -0.15) is 0 Å². The van der Waals surface area contributed by atoms with E-state index in [0.29, 0.717) is 25.9 Å². The molecule has 0 rings (SSSR count). The van der Waals surface area contributed by atoms with Crippen LogP contribution in [0.15, 0.2) is 36.5 Å². The third-order valence-electron chi connectivity index (χ3n) is 16.9. The van der Waals surface area contributed by atoms with Crippen molar-refractivity contribution in [1.82, 2.24) is 5.32 Å². The number of aliphatic hydroxyl groups excluding tert-OH is 2. The second kappa shape index (κ2) is 69.6. The lowest BCUT2D eigenvalue weighted by atomic mass is 10.0. The summed E-state index contributed by atoms with van der Waals surface area (Å²) in [6.07, 6.45) is 89.1. The number of hydrogen-bond donors (Lipinski definition) is 3. The maximum Gasteiger partial charge on any atom is 0.305 e. The Hall–Kier alpha value is -1.92. The number of ether oxygens (including phenoxy) is 1. The van der Waals surface area contributed by atoms with Crippen LogP contribution in [-0.2, 0) is 14.3 Å². The van der Waals surface area contributed by atoms with E-state index < -0.39 is 12.1 Å². The van der Waals surface area contributed by atoms with Gasteiger partial charge in [-0.25, -0.2) is 0 Å². The number of rotatable bonds is 68. The highest BCUT2D eigenvalue weighted by Gasteiger charge is 2.20. The van der Waals surface area contributed by atoms with Crippen molar-refractivity contribution in [3.05, 3.63) is 36.5 Å². The van der Waals surface area contributed by atoms with E-state index in [1.807, 2.05) is 0 Å². The van der Waals surface area contributed by atoms with Gasteiger partial charge in [0.1, 0.15) is 0 Å². The smallest absolute Gasteiger partial charge is 0.305 e. The van der Waals surface area contributed by atoms with Gasteiger partial charge in [0.05, 0.1) is 25.4 Å². The number of carbonyl (C=O) groups excluding carboxylic acids is 2. The highest BCUT2D eigenvalue weighted by atomic mass is 16.5. The average Bonchev–Trinajstić information content (AvgIpc) is 3.46.